The Morgan fingerprint density at radius 3 is 3.19 bits per heavy atom. The molecule has 0 aromatic carbocycles. The van der Waals surface area contributed by atoms with Crippen molar-refractivity contribution in [2.75, 3.05) is 25.6 Å². The number of fused-ring (bicyclic) bond motifs is 1. The van der Waals surface area contributed by atoms with Crippen LogP contribution in [0.2, 0.25) is 0 Å². The van der Waals surface area contributed by atoms with Gasteiger partial charge in [0, 0.05) is 13.3 Å². The van der Waals surface area contributed by atoms with Crippen molar-refractivity contribution in [3.63, 3.8) is 0 Å². The van der Waals surface area contributed by atoms with E-state index < -0.39 is 0 Å². The number of rotatable bonds is 5. The van der Waals surface area contributed by atoms with Crippen LogP contribution in [0.1, 0.15) is 0 Å². The van der Waals surface area contributed by atoms with Crippen LogP contribution >= 0.6 is 0 Å². The molecule has 0 radical (unpaired) electrons. The standard InChI is InChI=1S/C11H14N2O3/c1-15-7-8(6-14)13-11-9-3-5-16-10(9)2-4-12-11/h2-5,8,14H,6-7H2,1H3,(H,12,13). The summed E-state index contributed by atoms with van der Waals surface area (Å²) in [4.78, 5) is 4.21. The van der Waals surface area contributed by atoms with Crippen LogP contribution in [0.15, 0.2) is 29.0 Å². The highest BCUT2D eigenvalue weighted by Crippen LogP contribution is 2.22. The molecule has 2 heterocycles. The molecule has 5 heteroatoms. The third-order valence-electron chi connectivity index (χ3n) is 2.31. The van der Waals surface area contributed by atoms with Gasteiger partial charge in [-0.05, 0) is 12.1 Å². The van der Waals surface area contributed by atoms with E-state index in [4.69, 9.17) is 14.3 Å². The summed E-state index contributed by atoms with van der Waals surface area (Å²) < 4.78 is 10.2. The fraction of sp³-hybridized carbons (Fsp3) is 0.364. The van der Waals surface area contributed by atoms with Crippen LogP contribution in [0.5, 0.6) is 0 Å². The van der Waals surface area contributed by atoms with Gasteiger partial charge in [-0.25, -0.2) is 4.98 Å². The maximum Gasteiger partial charge on any atom is 0.139 e. The number of ether oxygens (including phenoxy) is 1. The summed E-state index contributed by atoms with van der Waals surface area (Å²) in [5.41, 5.74) is 0.770. The van der Waals surface area contributed by atoms with Gasteiger partial charge in [0.05, 0.1) is 30.9 Å². The number of furan rings is 1. The monoisotopic (exact) mass is 222 g/mol. The molecule has 1 unspecified atom stereocenters. The van der Waals surface area contributed by atoms with Gasteiger partial charge in [-0.2, -0.15) is 0 Å². The van der Waals surface area contributed by atoms with Crippen LogP contribution in [0.25, 0.3) is 11.0 Å². The number of anilines is 1. The minimum atomic E-state index is -0.169. The minimum Gasteiger partial charge on any atom is -0.464 e. The van der Waals surface area contributed by atoms with Crippen molar-refractivity contribution in [3.05, 3.63) is 24.6 Å². The molecule has 0 spiro atoms. The van der Waals surface area contributed by atoms with Crippen molar-refractivity contribution >= 4 is 16.8 Å². The van der Waals surface area contributed by atoms with Crippen molar-refractivity contribution in [1.82, 2.24) is 4.98 Å². The summed E-state index contributed by atoms with van der Waals surface area (Å²) in [5, 5.41) is 13.2. The number of nitrogens with zero attached hydrogens (tertiary/aromatic N) is 1. The summed E-state index contributed by atoms with van der Waals surface area (Å²) in [5.74, 6) is 0.697. The average molecular weight is 222 g/mol. The van der Waals surface area contributed by atoms with E-state index in [0.29, 0.717) is 12.4 Å². The third kappa shape index (κ3) is 2.15. The molecule has 0 bridgehead atoms. The van der Waals surface area contributed by atoms with Crippen molar-refractivity contribution in [3.8, 4) is 0 Å². The molecule has 2 aromatic heterocycles. The van der Waals surface area contributed by atoms with Crippen LogP contribution in [-0.2, 0) is 4.74 Å². The molecule has 0 amide bonds. The van der Waals surface area contributed by atoms with Gasteiger partial charge in [-0.15, -0.1) is 0 Å². The second-order valence-corrected chi connectivity index (χ2v) is 3.47. The van der Waals surface area contributed by atoms with Crippen molar-refractivity contribution in [2.24, 2.45) is 0 Å². The number of hydrogen-bond donors (Lipinski definition) is 2. The smallest absolute Gasteiger partial charge is 0.139 e. The number of pyridine rings is 1. The first-order valence-electron chi connectivity index (χ1n) is 5.03. The van der Waals surface area contributed by atoms with E-state index in [1.54, 1.807) is 25.6 Å². The number of nitrogens with one attached hydrogen (secondary N) is 1. The van der Waals surface area contributed by atoms with Gasteiger partial charge in [-0.1, -0.05) is 0 Å². The highest BCUT2D eigenvalue weighted by molar-refractivity contribution is 5.87. The zero-order valence-electron chi connectivity index (χ0n) is 9.01. The second kappa shape index (κ2) is 4.96. The first kappa shape index (κ1) is 10.9. The van der Waals surface area contributed by atoms with Crippen LogP contribution < -0.4 is 5.32 Å². The predicted octanol–water partition coefficient (Wildman–Crippen LogP) is 1.25. The molecular formula is C11H14N2O3. The molecule has 2 aromatic rings. The van der Waals surface area contributed by atoms with E-state index in [1.807, 2.05) is 6.07 Å². The lowest BCUT2D eigenvalue weighted by molar-refractivity contribution is 0.153. The lowest BCUT2D eigenvalue weighted by Crippen LogP contribution is -2.29. The second-order valence-electron chi connectivity index (χ2n) is 3.47. The Hall–Kier alpha value is -1.59. The zero-order valence-corrected chi connectivity index (χ0v) is 9.01. The molecule has 2 rings (SSSR count). The van der Waals surface area contributed by atoms with Crippen molar-refractivity contribution < 1.29 is 14.3 Å². The lowest BCUT2D eigenvalue weighted by Gasteiger charge is -2.15. The zero-order chi connectivity index (χ0) is 11.4. The van der Waals surface area contributed by atoms with Crippen LogP contribution in [0, 0.1) is 0 Å². The van der Waals surface area contributed by atoms with Crippen LogP contribution in [0.4, 0.5) is 5.82 Å². The van der Waals surface area contributed by atoms with Gasteiger partial charge in [0.25, 0.3) is 0 Å². The Bertz CT molecular complexity index is 455. The van der Waals surface area contributed by atoms with E-state index in [9.17, 15) is 0 Å². The average Bonchev–Trinajstić information content (AvgIpc) is 2.77. The quantitative estimate of drug-likeness (QED) is 0.796. The number of aliphatic hydroxyl groups is 1. The largest absolute Gasteiger partial charge is 0.464 e. The fourth-order valence-electron chi connectivity index (χ4n) is 1.54. The third-order valence-corrected chi connectivity index (χ3v) is 2.31. The molecule has 0 fully saturated rings. The van der Waals surface area contributed by atoms with Gasteiger partial charge < -0.3 is 19.6 Å². The SMILES string of the molecule is COCC(CO)Nc1nccc2occc12. The predicted molar refractivity (Wildman–Crippen MR) is 60.4 cm³/mol. The first-order valence-corrected chi connectivity index (χ1v) is 5.03. The highest BCUT2D eigenvalue weighted by Gasteiger charge is 2.10. The van der Waals surface area contributed by atoms with E-state index in [1.165, 1.54) is 0 Å². The van der Waals surface area contributed by atoms with Gasteiger partial charge >= 0.3 is 0 Å². The van der Waals surface area contributed by atoms with Gasteiger partial charge in [0.2, 0.25) is 0 Å². The Labute approximate surface area is 93.0 Å². The van der Waals surface area contributed by atoms with Crippen LogP contribution in [-0.4, -0.2) is 36.5 Å². The van der Waals surface area contributed by atoms with Gasteiger partial charge in [0.15, 0.2) is 0 Å². The molecule has 16 heavy (non-hydrogen) atoms. The van der Waals surface area contributed by atoms with E-state index >= 15 is 0 Å². The summed E-state index contributed by atoms with van der Waals surface area (Å²) in [6, 6.07) is 3.47. The fourth-order valence-corrected chi connectivity index (χ4v) is 1.54. The number of aromatic nitrogens is 1. The van der Waals surface area contributed by atoms with E-state index in [0.717, 1.165) is 11.0 Å². The minimum absolute atomic E-state index is 0.0102. The summed E-state index contributed by atoms with van der Waals surface area (Å²) in [6.07, 6.45) is 3.28. The normalized spacial score (nSPS) is 12.9. The summed E-state index contributed by atoms with van der Waals surface area (Å²) in [7, 11) is 1.59. The molecule has 1 atom stereocenters. The Morgan fingerprint density at radius 1 is 1.56 bits per heavy atom. The van der Waals surface area contributed by atoms with Gasteiger partial charge in [-0.3, -0.25) is 0 Å². The molecule has 5 nitrogen and oxygen atoms in total. The topological polar surface area (TPSA) is 67.5 Å². The van der Waals surface area contributed by atoms with Crippen molar-refractivity contribution in [1.29, 1.82) is 0 Å². The number of aliphatic hydroxyl groups excluding tert-OH is 1. The highest BCUT2D eigenvalue weighted by atomic mass is 16.5. The number of methoxy groups -OCH3 is 1. The van der Waals surface area contributed by atoms with Crippen molar-refractivity contribution in [2.45, 2.75) is 6.04 Å². The molecular weight excluding hydrogens is 208 g/mol. The molecule has 0 aliphatic heterocycles. The Kier molecular flexibility index (Phi) is 3.38. The molecule has 86 valence electrons. The number of hydrogen-bond acceptors (Lipinski definition) is 5. The molecule has 0 saturated heterocycles. The lowest BCUT2D eigenvalue weighted by atomic mass is 10.2. The Balaban J connectivity index is 2.22. The van der Waals surface area contributed by atoms with Gasteiger partial charge in [0.1, 0.15) is 11.4 Å². The maximum absolute atomic E-state index is 9.15. The Morgan fingerprint density at radius 2 is 2.44 bits per heavy atom. The summed E-state index contributed by atoms with van der Waals surface area (Å²) >= 11 is 0. The molecule has 0 aliphatic rings. The molecule has 0 saturated carbocycles. The molecule has 0 aliphatic carbocycles. The summed E-state index contributed by atoms with van der Waals surface area (Å²) in [6.45, 7) is 0.413. The maximum atomic E-state index is 9.15. The molecule has 2 N–H and O–H groups in total. The van der Waals surface area contributed by atoms with E-state index in [-0.39, 0.29) is 12.6 Å². The van der Waals surface area contributed by atoms with Crippen LogP contribution in [0.3, 0.4) is 0 Å². The first-order chi connectivity index (χ1) is 7.85. The van der Waals surface area contributed by atoms with E-state index in [2.05, 4.69) is 10.3 Å².